The summed E-state index contributed by atoms with van der Waals surface area (Å²) >= 11 is 0. The highest BCUT2D eigenvalue weighted by molar-refractivity contribution is 5.69. The van der Waals surface area contributed by atoms with Gasteiger partial charge in [0.05, 0.1) is 14.2 Å². The summed E-state index contributed by atoms with van der Waals surface area (Å²) in [6.45, 7) is 2.74. The molecule has 0 unspecified atom stereocenters. The fourth-order valence-corrected chi connectivity index (χ4v) is 4.39. The number of benzene rings is 2. The second-order valence-electron chi connectivity index (χ2n) is 7.65. The highest BCUT2D eigenvalue weighted by atomic mass is 16.6. The molecule has 0 atom stereocenters. The standard InChI is InChI=1S/C23H27NO5/c1-26-20-12-18-14-24(22(25)29-15-17-6-4-3-5-7-17)16-23(8-10-28-11-9-23)19(18)13-21(20)27-2/h3-7,12-13H,8-11,14-16H2,1-2H3. The number of nitrogens with zero attached hydrogens (tertiary/aromatic N) is 1. The van der Waals surface area contributed by atoms with Crippen LogP contribution >= 0.6 is 0 Å². The summed E-state index contributed by atoms with van der Waals surface area (Å²) in [7, 11) is 3.28. The average Bonchev–Trinajstić information content (AvgIpc) is 2.77. The van der Waals surface area contributed by atoms with Crippen molar-refractivity contribution in [1.82, 2.24) is 4.90 Å². The van der Waals surface area contributed by atoms with Crippen LogP contribution in [0.3, 0.4) is 0 Å². The third kappa shape index (κ3) is 3.90. The van der Waals surface area contributed by atoms with Gasteiger partial charge in [-0.25, -0.2) is 4.79 Å². The number of methoxy groups -OCH3 is 2. The predicted molar refractivity (Wildman–Crippen MR) is 108 cm³/mol. The molecular formula is C23H27NO5. The number of hydrogen-bond acceptors (Lipinski definition) is 5. The van der Waals surface area contributed by atoms with E-state index in [9.17, 15) is 4.79 Å². The Balaban J connectivity index is 1.61. The van der Waals surface area contributed by atoms with Gasteiger partial charge >= 0.3 is 6.09 Å². The molecule has 6 heteroatoms. The second-order valence-corrected chi connectivity index (χ2v) is 7.65. The first-order valence-corrected chi connectivity index (χ1v) is 9.94. The summed E-state index contributed by atoms with van der Waals surface area (Å²) in [5.74, 6) is 1.39. The van der Waals surface area contributed by atoms with Gasteiger partial charge < -0.3 is 23.8 Å². The Kier molecular flexibility index (Phi) is 5.62. The lowest BCUT2D eigenvalue weighted by molar-refractivity contribution is 0.0204. The van der Waals surface area contributed by atoms with E-state index in [2.05, 4.69) is 6.07 Å². The third-order valence-electron chi connectivity index (χ3n) is 5.95. The zero-order valence-electron chi connectivity index (χ0n) is 17.0. The molecule has 6 nitrogen and oxygen atoms in total. The van der Waals surface area contributed by atoms with Gasteiger partial charge in [0.15, 0.2) is 11.5 Å². The SMILES string of the molecule is COc1cc2c(cc1OC)C1(CCOCC1)CN(C(=O)OCc1ccccc1)C2. The van der Waals surface area contributed by atoms with Crippen LogP contribution in [0.25, 0.3) is 0 Å². The predicted octanol–water partition coefficient (Wildman–Crippen LogP) is 3.90. The zero-order valence-corrected chi connectivity index (χ0v) is 17.0. The molecule has 2 aliphatic heterocycles. The molecular weight excluding hydrogens is 370 g/mol. The molecule has 0 N–H and O–H groups in total. The van der Waals surface area contributed by atoms with Gasteiger partial charge in [-0.1, -0.05) is 30.3 Å². The summed E-state index contributed by atoms with van der Waals surface area (Å²) < 4.78 is 22.3. The van der Waals surface area contributed by atoms with Crippen molar-refractivity contribution in [1.29, 1.82) is 0 Å². The lowest BCUT2D eigenvalue weighted by atomic mass is 9.70. The third-order valence-corrected chi connectivity index (χ3v) is 5.95. The molecule has 2 aromatic carbocycles. The number of carbonyl (C=O) groups excluding carboxylic acids is 1. The molecule has 2 aromatic rings. The van der Waals surface area contributed by atoms with Gasteiger partial charge in [0.25, 0.3) is 0 Å². The first kappa shape index (κ1) is 19.6. The molecule has 1 spiro atoms. The molecule has 1 saturated heterocycles. The van der Waals surface area contributed by atoms with E-state index < -0.39 is 0 Å². The van der Waals surface area contributed by atoms with Gasteiger partial charge in [-0.15, -0.1) is 0 Å². The van der Waals surface area contributed by atoms with Crippen LogP contribution in [0.1, 0.15) is 29.5 Å². The van der Waals surface area contributed by atoms with Crippen molar-refractivity contribution in [2.45, 2.75) is 31.4 Å². The van der Waals surface area contributed by atoms with Crippen LogP contribution in [0.15, 0.2) is 42.5 Å². The van der Waals surface area contributed by atoms with E-state index in [4.69, 9.17) is 18.9 Å². The van der Waals surface area contributed by atoms with Gasteiger partial charge in [-0.3, -0.25) is 0 Å². The van der Waals surface area contributed by atoms with Gasteiger partial charge in [0.2, 0.25) is 0 Å². The number of fused-ring (bicyclic) bond motifs is 2. The van der Waals surface area contributed by atoms with Gasteiger partial charge in [0, 0.05) is 31.7 Å². The molecule has 2 aliphatic rings. The van der Waals surface area contributed by atoms with Crippen molar-refractivity contribution in [3.63, 3.8) is 0 Å². The summed E-state index contributed by atoms with van der Waals surface area (Å²) in [5, 5.41) is 0. The fraction of sp³-hybridized carbons (Fsp3) is 0.435. The van der Waals surface area contributed by atoms with Crippen LogP contribution in [-0.4, -0.2) is 45.0 Å². The molecule has 0 saturated carbocycles. The van der Waals surface area contributed by atoms with Crippen molar-refractivity contribution in [3.05, 3.63) is 59.2 Å². The molecule has 4 rings (SSSR count). The van der Waals surface area contributed by atoms with Gasteiger partial charge in [-0.05, 0) is 41.7 Å². The van der Waals surface area contributed by atoms with E-state index in [1.807, 2.05) is 41.3 Å². The molecule has 0 aromatic heterocycles. The van der Waals surface area contributed by atoms with Crippen molar-refractivity contribution in [2.24, 2.45) is 0 Å². The maximum absolute atomic E-state index is 12.9. The van der Waals surface area contributed by atoms with E-state index in [-0.39, 0.29) is 18.1 Å². The molecule has 2 heterocycles. The van der Waals surface area contributed by atoms with Crippen LogP contribution in [0.5, 0.6) is 11.5 Å². The van der Waals surface area contributed by atoms with Crippen molar-refractivity contribution in [3.8, 4) is 11.5 Å². The van der Waals surface area contributed by atoms with Crippen molar-refractivity contribution < 1.29 is 23.7 Å². The molecule has 0 radical (unpaired) electrons. The number of amides is 1. The lowest BCUT2D eigenvalue weighted by Gasteiger charge is -2.46. The maximum Gasteiger partial charge on any atom is 0.410 e. The zero-order chi connectivity index (χ0) is 20.3. The first-order valence-electron chi connectivity index (χ1n) is 9.94. The van der Waals surface area contributed by atoms with Crippen LogP contribution in [0.4, 0.5) is 4.79 Å². The van der Waals surface area contributed by atoms with E-state index >= 15 is 0 Å². The Hall–Kier alpha value is -2.73. The molecule has 1 amide bonds. The number of carbonyl (C=O) groups is 1. The summed E-state index contributed by atoms with van der Waals surface area (Å²) in [5.41, 5.74) is 3.13. The van der Waals surface area contributed by atoms with E-state index in [1.54, 1.807) is 14.2 Å². The fourth-order valence-electron chi connectivity index (χ4n) is 4.39. The first-order chi connectivity index (χ1) is 14.1. The maximum atomic E-state index is 12.9. The van der Waals surface area contributed by atoms with E-state index in [1.165, 1.54) is 5.56 Å². The molecule has 0 bridgehead atoms. The minimum atomic E-state index is -0.292. The minimum Gasteiger partial charge on any atom is -0.493 e. The lowest BCUT2D eigenvalue weighted by Crippen LogP contribution is -2.50. The minimum absolute atomic E-state index is 0.156. The smallest absolute Gasteiger partial charge is 0.410 e. The highest BCUT2D eigenvalue weighted by Crippen LogP contribution is 2.45. The van der Waals surface area contributed by atoms with Crippen LogP contribution in [0.2, 0.25) is 0 Å². The average molecular weight is 397 g/mol. The van der Waals surface area contributed by atoms with Crippen molar-refractivity contribution >= 4 is 6.09 Å². The molecule has 1 fully saturated rings. The summed E-state index contributed by atoms with van der Waals surface area (Å²) in [6, 6.07) is 13.8. The Morgan fingerprint density at radius 1 is 1.07 bits per heavy atom. The number of hydrogen-bond donors (Lipinski definition) is 0. The van der Waals surface area contributed by atoms with Crippen LogP contribution in [-0.2, 0) is 28.0 Å². The second kappa shape index (κ2) is 8.33. The van der Waals surface area contributed by atoms with Crippen LogP contribution in [0, 0.1) is 0 Å². The summed E-state index contributed by atoms with van der Waals surface area (Å²) in [4.78, 5) is 14.7. The van der Waals surface area contributed by atoms with Gasteiger partial charge in [0.1, 0.15) is 6.61 Å². The monoisotopic (exact) mass is 397 g/mol. The Labute approximate surface area is 171 Å². The van der Waals surface area contributed by atoms with Crippen LogP contribution < -0.4 is 9.47 Å². The Morgan fingerprint density at radius 3 is 2.45 bits per heavy atom. The Bertz CT molecular complexity index is 861. The molecule has 154 valence electrons. The number of rotatable bonds is 4. The van der Waals surface area contributed by atoms with Crippen molar-refractivity contribution in [2.75, 3.05) is 34.0 Å². The Morgan fingerprint density at radius 2 is 1.76 bits per heavy atom. The molecule has 0 aliphatic carbocycles. The molecule has 29 heavy (non-hydrogen) atoms. The van der Waals surface area contributed by atoms with E-state index in [0.717, 1.165) is 29.7 Å². The normalized spacial score (nSPS) is 17.5. The highest BCUT2D eigenvalue weighted by Gasteiger charge is 2.43. The summed E-state index contributed by atoms with van der Waals surface area (Å²) in [6.07, 6.45) is 1.43. The number of ether oxygens (including phenoxy) is 4. The topological polar surface area (TPSA) is 57.2 Å². The van der Waals surface area contributed by atoms with E-state index in [0.29, 0.717) is 32.1 Å². The van der Waals surface area contributed by atoms with Gasteiger partial charge in [-0.2, -0.15) is 0 Å². The largest absolute Gasteiger partial charge is 0.493 e. The quantitative estimate of drug-likeness (QED) is 0.783.